The lowest BCUT2D eigenvalue weighted by atomic mass is 10.0. The molecule has 0 fully saturated rings. The van der Waals surface area contributed by atoms with Gasteiger partial charge in [-0.15, -0.1) is 24.0 Å². The van der Waals surface area contributed by atoms with Crippen LogP contribution < -0.4 is 10.6 Å². The van der Waals surface area contributed by atoms with Gasteiger partial charge < -0.3 is 15.4 Å². The lowest BCUT2D eigenvalue weighted by molar-refractivity contribution is 0.0776. The molecule has 5 heteroatoms. The fraction of sp³-hybridized carbons (Fsp3) is 0.611. The van der Waals surface area contributed by atoms with E-state index in [2.05, 4.69) is 67.6 Å². The first-order valence-electron chi connectivity index (χ1n) is 8.32. The Balaban J connectivity index is 0.00000484. The van der Waals surface area contributed by atoms with Crippen LogP contribution in [0.4, 0.5) is 0 Å². The van der Waals surface area contributed by atoms with Crippen molar-refractivity contribution >= 4 is 29.9 Å². The van der Waals surface area contributed by atoms with E-state index in [1.54, 1.807) is 0 Å². The van der Waals surface area contributed by atoms with Crippen LogP contribution in [0.3, 0.4) is 0 Å². The van der Waals surface area contributed by atoms with Crippen molar-refractivity contribution in [3.63, 3.8) is 0 Å². The largest absolute Gasteiger partial charge is 0.379 e. The summed E-state index contributed by atoms with van der Waals surface area (Å²) in [6, 6.07) is 10.5. The fourth-order valence-electron chi connectivity index (χ4n) is 2.05. The van der Waals surface area contributed by atoms with E-state index in [0.717, 1.165) is 38.6 Å². The average Bonchev–Trinajstić information content (AvgIpc) is 2.52. The van der Waals surface area contributed by atoms with Gasteiger partial charge in [0.15, 0.2) is 5.96 Å². The van der Waals surface area contributed by atoms with Gasteiger partial charge in [-0.2, -0.15) is 0 Å². The van der Waals surface area contributed by atoms with E-state index in [9.17, 15) is 0 Å². The van der Waals surface area contributed by atoms with E-state index in [4.69, 9.17) is 4.74 Å². The Hall–Kier alpha value is -0.820. The van der Waals surface area contributed by atoms with Crippen molar-refractivity contribution in [1.82, 2.24) is 10.6 Å². The number of ether oxygens (including phenoxy) is 1. The van der Waals surface area contributed by atoms with Crippen LogP contribution in [0, 0.1) is 0 Å². The van der Waals surface area contributed by atoms with E-state index in [1.165, 1.54) is 5.56 Å². The maximum Gasteiger partial charge on any atom is 0.191 e. The highest BCUT2D eigenvalue weighted by atomic mass is 127. The highest BCUT2D eigenvalue weighted by Gasteiger charge is 2.05. The van der Waals surface area contributed by atoms with Crippen molar-refractivity contribution in [2.45, 2.75) is 46.1 Å². The minimum Gasteiger partial charge on any atom is -0.379 e. The summed E-state index contributed by atoms with van der Waals surface area (Å²) in [6.07, 6.45) is 1.28. The molecule has 1 rings (SSSR count). The minimum atomic E-state index is 0. The summed E-state index contributed by atoms with van der Waals surface area (Å²) in [6.45, 7) is 11.7. The molecule has 1 atom stereocenters. The van der Waals surface area contributed by atoms with Crippen molar-refractivity contribution in [2.24, 2.45) is 4.99 Å². The Bertz CT molecular complexity index is 424. The van der Waals surface area contributed by atoms with E-state index in [-0.39, 0.29) is 24.0 Å². The van der Waals surface area contributed by atoms with Crippen molar-refractivity contribution in [1.29, 1.82) is 0 Å². The molecule has 0 aliphatic heterocycles. The monoisotopic (exact) mass is 433 g/mol. The third-order valence-corrected chi connectivity index (χ3v) is 3.30. The number of halogens is 1. The van der Waals surface area contributed by atoms with Crippen LogP contribution in [0.15, 0.2) is 35.3 Å². The maximum atomic E-state index is 5.54. The summed E-state index contributed by atoms with van der Waals surface area (Å²) in [5.41, 5.74) is 1.33. The van der Waals surface area contributed by atoms with Gasteiger partial charge in [-0.3, -0.25) is 4.99 Å². The zero-order valence-electron chi connectivity index (χ0n) is 14.8. The molecule has 0 aliphatic carbocycles. The molecule has 0 saturated carbocycles. The number of aliphatic imine (C=N–C) groups is 1. The number of nitrogens with one attached hydrogen (secondary N) is 2. The fourth-order valence-corrected chi connectivity index (χ4v) is 2.05. The Morgan fingerprint density at radius 3 is 2.43 bits per heavy atom. The molecule has 4 nitrogen and oxygen atoms in total. The maximum absolute atomic E-state index is 5.54. The second-order valence-electron chi connectivity index (χ2n) is 5.73. The van der Waals surface area contributed by atoms with Gasteiger partial charge in [0.05, 0.1) is 6.10 Å². The molecule has 0 saturated heterocycles. The Kier molecular flexibility index (Phi) is 13.1. The molecule has 23 heavy (non-hydrogen) atoms. The molecule has 0 amide bonds. The number of benzene rings is 1. The van der Waals surface area contributed by atoms with Gasteiger partial charge in [-0.1, -0.05) is 37.3 Å². The molecular weight excluding hydrogens is 401 g/mol. The molecule has 132 valence electrons. The van der Waals surface area contributed by atoms with Gasteiger partial charge in [-0.25, -0.2) is 0 Å². The number of nitrogens with zero attached hydrogens (tertiary/aromatic N) is 1. The highest BCUT2D eigenvalue weighted by Crippen LogP contribution is 2.14. The summed E-state index contributed by atoms with van der Waals surface area (Å²) < 4.78 is 5.54. The predicted molar refractivity (Wildman–Crippen MR) is 110 cm³/mol. The zero-order chi connectivity index (χ0) is 16.2. The average molecular weight is 433 g/mol. The molecular formula is C18H32IN3O. The van der Waals surface area contributed by atoms with Crippen LogP contribution in [0.1, 0.15) is 45.6 Å². The molecule has 1 aromatic carbocycles. The highest BCUT2D eigenvalue weighted by molar-refractivity contribution is 14.0. The summed E-state index contributed by atoms with van der Waals surface area (Å²) in [5.74, 6) is 1.30. The predicted octanol–water partition coefficient (Wildman–Crippen LogP) is 3.78. The van der Waals surface area contributed by atoms with Gasteiger partial charge in [0.1, 0.15) is 0 Å². The van der Waals surface area contributed by atoms with Crippen molar-refractivity contribution in [3.05, 3.63) is 35.9 Å². The van der Waals surface area contributed by atoms with Crippen molar-refractivity contribution in [2.75, 3.05) is 26.2 Å². The van der Waals surface area contributed by atoms with Crippen LogP contribution in [-0.2, 0) is 4.74 Å². The Morgan fingerprint density at radius 2 is 1.83 bits per heavy atom. The van der Waals surface area contributed by atoms with Crippen molar-refractivity contribution in [3.8, 4) is 0 Å². The molecule has 1 unspecified atom stereocenters. The first-order chi connectivity index (χ1) is 10.6. The second kappa shape index (κ2) is 13.6. The van der Waals surface area contributed by atoms with Gasteiger partial charge in [0.2, 0.25) is 0 Å². The van der Waals surface area contributed by atoms with Crippen LogP contribution in [-0.4, -0.2) is 38.3 Å². The summed E-state index contributed by atoms with van der Waals surface area (Å²) >= 11 is 0. The van der Waals surface area contributed by atoms with Gasteiger partial charge >= 0.3 is 0 Å². The molecule has 0 radical (unpaired) electrons. The lowest BCUT2D eigenvalue weighted by Crippen LogP contribution is -2.38. The number of hydrogen-bond acceptors (Lipinski definition) is 2. The van der Waals surface area contributed by atoms with Gasteiger partial charge in [-0.05, 0) is 32.8 Å². The third kappa shape index (κ3) is 10.5. The van der Waals surface area contributed by atoms with Crippen LogP contribution in [0.25, 0.3) is 0 Å². The molecule has 2 N–H and O–H groups in total. The Labute approximate surface area is 158 Å². The molecule has 0 aromatic heterocycles. The van der Waals surface area contributed by atoms with Gasteiger partial charge in [0, 0.05) is 32.2 Å². The smallest absolute Gasteiger partial charge is 0.191 e. The second-order valence-corrected chi connectivity index (χ2v) is 5.73. The normalized spacial score (nSPS) is 12.7. The van der Waals surface area contributed by atoms with E-state index < -0.39 is 0 Å². The first-order valence-corrected chi connectivity index (χ1v) is 8.32. The minimum absolute atomic E-state index is 0. The van der Waals surface area contributed by atoms with Crippen LogP contribution in [0.5, 0.6) is 0 Å². The number of rotatable bonds is 9. The SMILES string of the molecule is CCNC(=NCC(C)c1ccccc1)NCCCOC(C)C.I. The number of hydrogen-bond donors (Lipinski definition) is 2. The Morgan fingerprint density at radius 1 is 1.13 bits per heavy atom. The summed E-state index contributed by atoms with van der Waals surface area (Å²) in [4.78, 5) is 4.68. The standard InChI is InChI=1S/C18H31N3O.HI/c1-5-19-18(20-12-9-13-22-15(2)3)21-14-16(4)17-10-7-6-8-11-17;/h6-8,10-11,15-16H,5,9,12-14H2,1-4H3,(H2,19,20,21);1H. The number of guanidine groups is 1. The van der Waals surface area contributed by atoms with Gasteiger partial charge in [0.25, 0.3) is 0 Å². The first kappa shape index (κ1) is 22.2. The zero-order valence-corrected chi connectivity index (χ0v) is 17.2. The summed E-state index contributed by atoms with van der Waals surface area (Å²) in [5, 5.41) is 6.65. The third-order valence-electron chi connectivity index (χ3n) is 3.30. The topological polar surface area (TPSA) is 45.7 Å². The van der Waals surface area contributed by atoms with E-state index in [1.807, 2.05) is 6.07 Å². The van der Waals surface area contributed by atoms with E-state index in [0.29, 0.717) is 12.0 Å². The molecule has 0 heterocycles. The van der Waals surface area contributed by atoms with Crippen molar-refractivity contribution < 1.29 is 4.74 Å². The van der Waals surface area contributed by atoms with Crippen LogP contribution >= 0.6 is 24.0 Å². The molecule has 0 spiro atoms. The quantitative estimate of drug-likeness (QED) is 0.270. The van der Waals surface area contributed by atoms with E-state index >= 15 is 0 Å². The van der Waals surface area contributed by atoms with Crippen LogP contribution in [0.2, 0.25) is 0 Å². The molecule has 0 bridgehead atoms. The molecule has 0 aliphatic rings. The summed E-state index contributed by atoms with van der Waals surface area (Å²) in [7, 11) is 0. The lowest BCUT2D eigenvalue weighted by Gasteiger charge is -2.14. The molecule has 1 aromatic rings.